The average molecular weight is 422 g/mol. The molecule has 1 fully saturated rings. The second-order valence-electron chi connectivity index (χ2n) is 6.83. The molecule has 3 heterocycles. The summed E-state index contributed by atoms with van der Waals surface area (Å²) >= 11 is 7.64. The summed E-state index contributed by atoms with van der Waals surface area (Å²) in [4.78, 5) is 12.3. The van der Waals surface area contributed by atoms with E-state index in [-0.39, 0.29) is 6.10 Å². The summed E-state index contributed by atoms with van der Waals surface area (Å²) in [6.45, 7) is 6.39. The van der Waals surface area contributed by atoms with Crippen LogP contribution in [0.5, 0.6) is 0 Å². The molecule has 0 saturated carbocycles. The Morgan fingerprint density at radius 3 is 3.00 bits per heavy atom. The Bertz CT molecular complexity index is 738. The molecule has 1 aliphatic rings. The molecule has 0 radical (unpaired) electrons. The van der Waals surface area contributed by atoms with E-state index < -0.39 is 0 Å². The molecule has 8 heteroatoms. The molecule has 28 heavy (non-hydrogen) atoms. The van der Waals surface area contributed by atoms with E-state index >= 15 is 0 Å². The van der Waals surface area contributed by atoms with Gasteiger partial charge in [-0.25, -0.2) is 4.98 Å². The zero-order valence-electron chi connectivity index (χ0n) is 16.4. The Kier molecular flexibility index (Phi) is 8.09. The highest BCUT2D eigenvalue weighted by Crippen LogP contribution is 2.26. The van der Waals surface area contributed by atoms with E-state index in [1.807, 2.05) is 18.3 Å². The second-order valence-corrected chi connectivity index (χ2v) is 8.19. The summed E-state index contributed by atoms with van der Waals surface area (Å²) in [5, 5.41) is 9.53. The van der Waals surface area contributed by atoms with Gasteiger partial charge in [0, 0.05) is 44.3 Å². The number of hydrogen-bond donors (Lipinski definition) is 2. The quantitative estimate of drug-likeness (QED) is 0.409. The highest BCUT2D eigenvalue weighted by molar-refractivity contribution is 7.10. The molecule has 2 aromatic rings. The lowest BCUT2D eigenvalue weighted by Gasteiger charge is -2.37. The highest BCUT2D eigenvalue weighted by atomic mass is 35.5. The molecule has 0 amide bonds. The molecule has 2 atom stereocenters. The lowest BCUT2D eigenvalue weighted by atomic mass is 10.1. The van der Waals surface area contributed by atoms with Gasteiger partial charge in [-0.1, -0.05) is 23.7 Å². The number of hydrogen-bond acceptors (Lipinski definition) is 5. The number of halogens is 1. The van der Waals surface area contributed by atoms with Gasteiger partial charge in [0.05, 0.1) is 18.8 Å². The average Bonchev–Trinajstić information content (AvgIpc) is 3.23. The number of guanidine groups is 1. The number of nitrogens with one attached hydrogen (secondary N) is 2. The van der Waals surface area contributed by atoms with Crippen molar-refractivity contribution in [2.45, 2.75) is 25.5 Å². The van der Waals surface area contributed by atoms with Gasteiger partial charge in [0.1, 0.15) is 5.15 Å². The Morgan fingerprint density at radius 1 is 1.43 bits per heavy atom. The molecule has 0 bridgehead atoms. The molecular weight excluding hydrogens is 394 g/mol. The van der Waals surface area contributed by atoms with Crippen molar-refractivity contribution >= 4 is 28.9 Å². The van der Waals surface area contributed by atoms with E-state index in [9.17, 15) is 0 Å². The third kappa shape index (κ3) is 6.17. The van der Waals surface area contributed by atoms with Gasteiger partial charge < -0.3 is 15.4 Å². The molecule has 0 aromatic carbocycles. The minimum Gasteiger partial charge on any atom is -0.376 e. The van der Waals surface area contributed by atoms with Gasteiger partial charge in [0.15, 0.2) is 5.96 Å². The molecule has 2 aromatic heterocycles. The topological polar surface area (TPSA) is 61.8 Å². The van der Waals surface area contributed by atoms with Crippen molar-refractivity contribution in [3.63, 3.8) is 0 Å². The van der Waals surface area contributed by atoms with Crippen molar-refractivity contribution in [3.8, 4) is 0 Å². The largest absolute Gasteiger partial charge is 0.376 e. The van der Waals surface area contributed by atoms with Crippen molar-refractivity contribution in [1.82, 2.24) is 20.5 Å². The van der Waals surface area contributed by atoms with Gasteiger partial charge in [0.25, 0.3) is 0 Å². The van der Waals surface area contributed by atoms with Gasteiger partial charge in [-0.2, -0.15) is 0 Å². The summed E-state index contributed by atoms with van der Waals surface area (Å²) < 4.78 is 5.72. The first kappa shape index (κ1) is 21.0. The van der Waals surface area contributed by atoms with E-state index in [1.54, 1.807) is 18.4 Å². The number of morpholine rings is 1. The summed E-state index contributed by atoms with van der Waals surface area (Å²) in [6.07, 6.45) is 2.94. The minimum atomic E-state index is 0.265. The van der Waals surface area contributed by atoms with Gasteiger partial charge in [-0.05, 0) is 36.4 Å². The Labute approximate surface area is 176 Å². The summed E-state index contributed by atoms with van der Waals surface area (Å²) in [5.41, 5.74) is 1.14. The zero-order valence-corrected chi connectivity index (χ0v) is 18.0. The van der Waals surface area contributed by atoms with Crippen LogP contribution in [0.15, 0.2) is 40.8 Å². The number of nitrogens with zero attached hydrogens (tertiary/aromatic N) is 3. The van der Waals surface area contributed by atoms with Crippen LogP contribution in [0.3, 0.4) is 0 Å². The number of ether oxygens (including phenoxy) is 1. The summed E-state index contributed by atoms with van der Waals surface area (Å²) in [6, 6.07) is 8.45. The van der Waals surface area contributed by atoms with Gasteiger partial charge in [-0.3, -0.25) is 9.89 Å². The predicted octanol–water partition coefficient (Wildman–Crippen LogP) is 2.97. The normalized spacial score (nSPS) is 19.4. The van der Waals surface area contributed by atoms with Crippen LogP contribution >= 0.6 is 22.9 Å². The predicted molar refractivity (Wildman–Crippen MR) is 116 cm³/mol. The number of aliphatic imine (C=N–C) groups is 1. The van der Waals surface area contributed by atoms with Crippen LogP contribution in [0.1, 0.15) is 23.4 Å². The van der Waals surface area contributed by atoms with E-state index in [0.29, 0.717) is 11.2 Å². The summed E-state index contributed by atoms with van der Waals surface area (Å²) in [7, 11) is 1.80. The minimum absolute atomic E-state index is 0.265. The Balaban J connectivity index is 1.52. The van der Waals surface area contributed by atoms with Gasteiger partial charge in [-0.15, -0.1) is 11.3 Å². The molecule has 0 aliphatic carbocycles. The second kappa shape index (κ2) is 10.8. The number of rotatable bonds is 7. The summed E-state index contributed by atoms with van der Waals surface area (Å²) in [5.74, 6) is 0.810. The fourth-order valence-corrected chi connectivity index (χ4v) is 4.29. The number of aromatic nitrogens is 1. The lowest BCUT2D eigenvalue weighted by molar-refractivity contribution is -0.0334. The monoisotopic (exact) mass is 421 g/mol. The van der Waals surface area contributed by atoms with E-state index in [1.165, 1.54) is 4.88 Å². The standard InChI is InChI=1S/C20H28ClN5OS/c1-15-14-26(9-10-27-15)17(18-4-3-11-28-18)13-25-20(22-2)23-8-7-16-5-6-19(21)24-12-16/h3-6,11-12,15,17H,7-10,13-14H2,1-2H3,(H2,22,23,25). The van der Waals surface area contributed by atoms with Crippen LogP contribution in [0.25, 0.3) is 0 Å². The molecule has 1 aliphatic heterocycles. The molecular formula is C20H28ClN5OS. The van der Waals surface area contributed by atoms with Crippen LogP contribution in [0.4, 0.5) is 0 Å². The molecule has 3 rings (SSSR count). The van der Waals surface area contributed by atoms with E-state index in [0.717, 1.165) is 50.7 Å². The van der Waals surface area contributed by atoms with Gasteiger partial charge >= 0.3 is 0 Å². The van der Waals surface area contributed by atoms with Crippen molar-refractivity contribution in [2.75, 3.05) is 39.8 Å². The lowest BCUT2D eigenvalue weighted by Crippen LogP contribution is -2.48. The first-order valence-electron chi connectivity index (χ1n) is 9.59. The maximum Gasteiger partial charge on any atom is 0.191 e. The first-order chi connectivity index (χ1) is 13.7. The van der Waals surface area contributed by atoms with Crippen LogP contribution in [0.2, 0.25) is 5.15 Å². The SMILES string of the molecule is CN=C(NCCc1ccc(Cl)nc1)NCC(c1cccs1)N1CCOC(C)C1. The van der Waals surface area contributed by atoms with Gasteiger partial charge in [0.2, 0.25) is 0 Å². The third-order valence-electron chi connectivity index (χ3n) is 4.77. The number of thiophene rings is 1. The van der Waals surface area contributed by atoms with Crippen LogP contribution < -0.4 is 10.6 Å². The van der Waals surface area contributed by atoms with Crippen molar-refractivity contribution in [2.24, 2.45) is 4.99 Å². The van der Waals surface area contributed by atoms with Crippen LogP contribution in [-0.2, 0) is 11.2 Å². The van der Waals surface area contributed by atoms with E-state index in [2.05, 4.69) is 49.9 Å². The molecule has 6 nitrogen and oxygen atoms in total. The Morgan fingerprint density at radius 2 is 2.32 bits per heavy atom. The maximum atomic E-state index is 5.84. The van der Waals surface area contributed by atoms with Crippen molar-refractivity contribution in [1.29, 1.82) is 0 Å². The number of pyridine rings is 1. The first-order valence-corrected chi connectivity index (χ1v) is 10.9. The van der Waals surface area contributed by atoms with Crippen molar-refractivity contribution < 1.29 is 4.74 Å². The molecule has 152 valence electrons. The third-order valence-corrected chi connectivity index (χ3v) is 5.96. The molecule has 1 saturated heterocycles. The Hall–Kier alpha value is -1.67. The highest BCUT2D eigenvalue weighted by Gasteiger charge is 2.26. The fraction of sp³-hybridized carbons (Fsp3) is 0.500. The molecule has 2 unspecified atom stereocenters. The fourth-order valence-electron chi connectivity index (χ4n) is 3.31. The van der Waals surface area contributed by atoms with Crippen molar-refractivity contribution in [3.05, 3.63) is 51.4 Å². The smallest absolute Gasteiger partial charge is 0.191 e. The zero-order chi connectivity index (χ0) is 19.8. The molecule has 2 N–H and O–H groups in total. The molecule has 0 spiro atoms. The maximum absolute atomic E-state index is 5.84. The van der Waals surface area contributed by atoms with Crippen LogP contribution in [0, 0.1) is 0 Å². The van der Waals surface area contributed by atoms with Crippen LogP contribution in [-0.4, -0.2) is 61.8 Å². The van der Waals surface area contributed by atoms with E-state index in [4.69, 9.17) is 16.3 Å².